The monoisotopic (exact) mass is 392 g/mol. The van der Waals surface area contributed by atoms with Gasteiger partial charge in [0.15, 0.2) is 0 Å². The van der Waals surface area contributed by atoms with Crippen molar-refractivity contribution in [3.8, 4) is 6.07 Å². The Labute approximate surface area is 169 Å². The molecule has 3 aromatic rings. The average Bonchev–Trinajstić information content (AvgIpc) is 2.73. The SMILES string of the molecule is N#Cc1cnc2ccc(Cl)cc2c1NCc1cccc(CN2CCOCC2)c1. The van der Waals surface area contributed by atoms with E-state index in [0.29, 0.717) is 17.1 Å². The number of aromatic nitrogens is 1. The van der Waals surface area contributed by atoms with Crippen molar-refractivity contribution in [1.82, 2.24) is 9.88 Å². The first kappa shape index (κ1) is 18.7. The van der Waals surface area contributed by atoms with Crippen LogP contribution < -0.4 is 5.32 Å². The molecule has 4 rings (SSSR count). The Kier molecular flexibility index (Phi) is 5.73. The molecule has 0 amide bonds. The maximum Gasteiger partial charge on any atom is 0.103 e. The second kappa shape index (κ2) is 8.57. The molecule has 5 nitrogen and oxygen atoms in total. The van der Waals surface area contributed by atoms with Crippen molar-refractivity contribution in [1.29, 1.82) is 5.26 Å². The molecule has 0 spiro atoms. The Morgan fingerprint density at radius 1 is 1.14 bits per heavy atom. The molecular formula is C22H21ClN4O. The molecule has 0 atom stereocenters. The third-order valence-electron chi connectivity index (χ3n) is 4.92. The average molecular weight is 393 g/mol. The van der Waals surface area contributed by atoms with Gasteiger partial charge in [0.1, 0.15) is 6.07 Å². The van der Waals surface area contributed by atoms with Crippen molar-refractivity contribution < 1.29 is 4.74 Å². The minimum absolute atomic E-state index is 0.513. The summed E-state index contributed by atoms with van der Waals surface area (Å²) in [7, 11) is 0. The molecule has 2 aromatic carbocycles. The van der Waals surface area contributed by atoms with Gasteiger partial charge in [-0.2, -0.15) is 5.26 Å². The number of nitrogens with one attached hydrogen (secondary N) is 1. The molecule has 0 saturated carbocycles. The summed E-state index contributed by atoms with van der Waals surface area (Å²) < 4.78 is 5.42. The molecular weight excluding hydrogens is 372 g/mol. The zero-order valence-corrected chi connectivity index (χ0v) is 16.2. The van der Waals surface area contributed by atoms with E-state index in [9.17, 15) is 5.26 Å². The van der Waals surface area contributed by atoms with Crippen molar-refractivity contribution >= 4 is 28.2 Å². The largest absolute Gasteiger partial charge is 0.379 e. The molecule has 0 bridgehead atoms. The van der Waals surface area contributed by atoms with Crippen LogP contribution in [0.5, 0.6) is 0 Å². The summed E-state index contributed by atoms with van der Waals surface area (Å²) in [6.07, 6.45) is 1.60. The lowest BCUT2D eigenvalue weighted by atomic mass is 10.1. The highest BCUT2D eigenvalue weighted by Crippen LogP contribution is 2.28. The van der Waals surface area contributed by atoms with E-state index in [1.807, 2.05) is 18.2 Å². The predicted molar refractivity (Wildman–Crippen MR) is 111 cm³/mol. The summed E-state index contributed by atoms with van der Waals surface area (Å²) in [5, 5.41) is 14.4. The van der Waals surface area contributed by atoms with Gasteiger partial charge in [-0.3, -0.25) is 9.88 Å². The molecule has 28 heavy (non-hydrogen) atoms. The van der Waals surface area contributed by atoms with Gasteiger partial charge in [-0.1, -0.05) is 35.9 Å². The number of halogens is 1. The first-order valence-corrected chi connectivity index (χ1v) is 9.71. The zero-order valence-electron chi connectivity index (χ0n) is 15.5. The predicted octanol–water partition coefficient (Wildman–Crippen LogP) is 4.20. The summed E-state index contributed by atoms with van der Waals surface area (Å²) in [5.74, 6) is 0. The molecule has 6 heteroatoms. The van der Waals surface area contributed by atoms with Crippen molar-refractivity contribution in [2.75, 3.05) is 31.6 Å². The molecule has 1 aromatic heterocycles. The van der Waals surface area contributed by atoms with Gasteiger partial charge in [-0.05, 0) is 29.3 Å². The lowest BCUT2D eigenvalue weighted by Crippen LogP contribution is -2.35. The van der Waals surface area contributed by atoms with Crippen LogP contribution in [-0.4, -0.2) is 36.2 Å². The number of fused-ring (bicyclic) bond motifs is 1. The number of rotatable bonds is 5. The van der Waals surface area contributed by atoms with Crippen LogP contribution in [0.2, 0.25) is 5.02 Å². The number of pyridine rings is 1. The van der Waals surface area contributed by atoms with E-state index in [2.05, 4.69) is 45.5 Å². The van der Waals surface area contributed by atoms with Crippen LogP contribution in [0, 0.1) is 11.3 Å². The van der Waals surface area contributed by atoms with Crippen molar-refractivity contribution in [2.45, 2.75) is 13.1 Å². The third kappa shape index (κ3) is 4.26. The second-order valence-corrected chi connectivity index (χ2v) is 7.32. The number of nitrogens with zero attached hydrogens (tertiary/aromatic N) is 3. The van der Waals surface area contributed by atoms with Crippen LogP contribution in [0.25, 0.3) is 10.9 Å². The van der Waals surface area contributed by atoms with E-state index in [0.717, 1.165) is 49.4 Å². The second-order valence-electron chi connectivity index (χ2n) is 6.88. The first-order valence-electron chi connectivity index (χ1n) is 9.33. The Balaban J connectivity index is 1.54. The third-order valence-corrected chi connectivity index (χ3v) is 5.16. The summed E-state index contributed by atoms with van der Waals surface area (Å²) >= 11 is 6.16. The van der Waals surface area contributed by atoms with E-state index < -0.39 is 0 Å². The summed E-state index contributed by atoms with van der Waals surface area (Å²) in [6.45, 7) is 5.09. The number of anilines is 1. The zero-order chi connectivity index (χ0) is 19.3. The highest BCUT2D eigenvalue weighted by molar-refractivity contribution is 6.31. The van der Waals surface area contributed by atoms with E-state index in [-0.39, 0.29) is 0 Å². The summed E-state index contributed by atoms with van der Waals surface area (Å²) in [5.41, 5.74) is 4.55. The molecule has 2 heterocycles. The standard InChI is InChI=1S/C22H21ClN4O/c23-19-4-5-21-20(11-19)22(18(12-24)14-25-21)26-13-16-2-1-3-17(10-16)15-27-6-8-28-9-7-27/h1-5,10-11,14H,6-9,13,15H2,(H,25,26). The Morgan fingerprint density at radius 2 is 1.96 bits per heavy atom. The van der Waals surface area contributed by atoms with Gasteiger partial charge in [0, 0.05) is 42.8 Å². The topological polar surface area (TPSA) is 61.2 Å². The lowest BCUT2D eigenvalue weighted by Gasteiger charge is -2.26. The normalized spacial score (nSPS) is 14.7. The summed E-state index contributed by atoms with van der Waals surface area (Å²) in [4.78, 5) is 6.76. The van der Waals surface area contributed by atoms with Crippen LogP contribution in [0.1, 0.15) is 16.7 Å². The van der Waals surface area contributed by atoms with E-state index in [4.69, 9.17) is 16.3 Å². The van der Waals surface area contributed by atoms with Crippen molar-refractivity contribution in [3.05, 3.63) is 70.4 Å². The van der Waals surface area contributed by atoms with Crippen LogP contribution in [0.15, 0.2) is 48.7 Å². The number of nitriles is 1. The van der Waals surface area contributed by atoms with Gasteiger partial charge >= 0.3 is 0 Å². The molecule has 0 aliphatic carbocycles. The van der Waals surface area contributed by atoms with E-state index in [1.165, 1.54) is 11.1 Å². The molecule has 1 aliphatic heterocycles. The molecule has 0 radical (unpaired) electrons. The van der Waals surface area contributed by atoms with Crippen LogP contribution in [-0.2, 0) is 17.8 Å². The van der Waals surface area contributed by atoms with E-state index in [1.54, 1.807) is 6.20 Å². The van der Waals surface area contributed by atoms with Gasteiger partial charge in [0.05, 0.1) is 30.0 Å². The highest BCUT2D eigenvalue weighted by atomic mass is 35.5. The fraction of sp³-hybridized carbons (Fsp3) is 0.273. The van der Waals surface area contributed by atoms with Crippen LogP contribution in [0.3, 0.4) is 0 Å². The fourth-order valence-electron chi connectivity index (χ4n) is 3.49. The van der Waals surface area contributed by atoms with Gasteiger partial charge < -0.3 is 10.1 Å². The Bertz CT molecular complexity index is 1020. The molecule has 1 aliphatic rings. The summed E-state index contributed by atoms with van der Waals surface area (Å²) in [6, 6.07) is 16.3. The Morgan fingerprint density at radius 3 is 2.79 bits per heavy atom. The first-order chi connectivity index (χ1) is 13.7. The highest BCUT2D eigenvalue weighted by Gasteiger charge is 2.12. The molecule has 142 valence electrons. The number of hydrogen-bond acceptors (Lipinski definition) is 5. The van der Waals surface area contributed by atoms with Crippen LogP contribution in [0.4, 0.5) is 5.69 Å². The lowest BCUT2D eigenvalue weighted by molar-refractivity contribution is 0.0342. The van der Waals surface area contributed by atoms with Crippen molar-refractivity contribution in [2.24, 2.45) is 0 Å². The fourth-order valence-corrected chi connectivity index (χ4v) is 3.66. The van der Waals surface area contributed by atoms with Crippen LogP contribution >= 0.6 is 11.6 Å². The molecule has 1 saturated heterocycles. The molecule has 1 fully saturated rings. The number of ether oxygens (including phenoxy) is 1. The number of benzene rings is 2. The van der Waals surface area contributed by atoms with E-state index >= 15 is 0 Å². The number of morpholine rings is 1. The number of hydrogen-bond donors (Lipinski definition) is 1. The minimum atomic E-state index is 0.513. The maximum absolute atomic E-state index is 9.49. The Hall–Kier alpha value is -2.65. The smallest absolute Gasteiger partial charge is 0.103 e. The minimum Gasteiger partial charge on any atom is -0.379 e. The van der Waals surface area contributed by atoms with Gasteiger partial charge in [-0.15, -0.1) is 0 Å². The van der Waals surface area contributed by atoms with Gasteiger partial charge in [0.2, 0.25) is 0 Å². The van der Waals surface area contributed by atoms with Gasteiger partial charge in [-0.25, -0.2) is 0 Å². The maximum atomic E-state index is 9.49. The quantitative estimate of drug-likeness (QED) is 0.704. The molecule has 1 N–H and O–H groups in total. The van der Waals surface area contributed by atoms with Gasteiger partial charge in [0.25, 0.3) is 0 Å². The molecule has 0 unspecified atom stereocenters. The van der Waals surface area contributed by atoms with Crippen molar-refractivity contribution in [3.63, 3.8) is 0 Å².